The fourth-order valence-corrected chi connectivity index (χ4v) is 1.09. The molecule has 0 spiro atoms. The minimum absolute atomic E-state index is 0.218. The van der Waals surface area contributed by atoms with Gasteiger partial charge >= 0.3 is 0 Å². The summed E-state index contributed by atoms with van der Waals surface area (Å²) in [6.45, 7) is 2.04. The highest BCUT2D eigenvalue weighted by molar-refractivity contribution is 5.77. The lowest BCUT2D eigenvalue weighted by atomic mass is 9.96. The van der Waals surface area contributed by atoms with E-state index in [1.807, 2.05) is 19.1 Å². The van der Waals surface area contributed by atoms with Crippen LogP contribution in [0.15, 0.2) is 4.99 Å². The standard InChI is InChI=1S/C9H15N5/c1-2-3-4-5-9(6-10,7-11)14-8(12)13/h2-5H2,1H3,(H4,12,13,14). The van der Waals surface area contributed by atoms with Gasteiger partial charge in [0.2, 0.25) is 5.54 Å². The van der Waals surface area contributed by atoms with E-state index in [-0.39, 0.29) is 5.96 Å². The Hall–Kier alpha value is -1.75. The zero-order chi connectivity index (χ0) is 11.0. The predicted molar refractivity (Wildman–Crippen MR) is 53.9 cm³/mol. The molecular formula is C9H15N5. The normalized spacial score (nSPS) is 9.93. The molecule has 0 aromatic heterocycles. The van der Waals surface area contributed by atoms with Gasteiger partial charge in [0.25, 0.3) is 0 Å². The first-order valence-corrected chi connectivity index (χ1v) is 4.53. The molecule has 0 radical (unpaired) electrons. The van der Waals surface area contributed by atoms with Gasteiger partial charge in [0.15, 0.2) is 5.96 Å². The second kappa shape index (κ2) is 5.82. The Balaban J connectivity index is 4.51. The van der Waals surface area contributed by atoms with Crippen molar-refractivity contribution in [1.29, 1.82) is 10.5 Å². The van der Waals surface area contributed by atoms with E-state index >= 15 is 0 Å². The summed E-state index contributed by atoms with van der Waals surface area (Å²) in [6, 6.07) is 3.69. The monoisotopic (exact) mass is 193 g/mol. The van der Waals surface area contributed by atoms with Crippen LogP contribution in [-0.2, 0) is 0 Å². The van der Waals surface area contributed by atoms with E-state index in [0.717, 1.165) is 19.3 Å². The second-order valence-corrected chi connectivity index (χ2v) is 3.08. The summed E-state index contributed by atoms with van der Waals surface area (Å²) in [7, 11) is 0. The van der Waals surface area contributed by atoms with E-state index in [2.05, 4.69) is 4.99 Å². The molecule has 0 aliphatic rings. The van der Waals surface area contributed by atoms with Crippen molar-refractivity contribution in [1.82, 2.24) is 0 Å². The Bertz CT molecular complexity index is 263. The molecule has 0 saturated carbocycles. The molecule has 0 heterocycles. The summed E-state index contributed by atoms with van der Waals surface area (Å²) < 4.78 is 0. The smallest absolute Gasteiger partial charge is 0.235 e. The van der Waals surface area contributed by atoms with Gasteiger partial charge in [-0.3, -0.25) is 0 Å². The Morgan fingerprint density at radius 1 is 1.29 bits per heavy atom. The van der Waals surface area contributed by atoms with Gasteiger partial charge in [0.05, 0.1) is 0 Å². The molecule has 76 valence electrons. The van der Waals surface area contributed by atoms with E-state index in [4.69, 9.17) is 22.0 Å². The maximum Gasteiger partial charge on any atom is 0.235 e. The number of rotatable bonds is 5. The number of unbranched alkanes of at least 4 members (excludes halogenated alkanes) is 2. The Kier molecular flexibility index (Phi) is 5.09. The minimum atomic E-state index is -1.39. The molecule has 14 heavy (non-hydrogen) atoms. The Labute approximate surface area is 84.0 Å². The molecule has 5 nitrogen and oxygen atoms in total. The highest BCUT2D eigenvalue weighted by Crippen LogP contribution is 2.18. The lowest BCUT2D eigenvalue weighted by molar-refractivity contribution is 0.559. The first-order chi connectivity index (χ1) is 6.60. The topological polar surface area (TPSA) is 112 Å². The molecule has 0 aromatic carbocycles. The summed E-state index contributed by atoms with van der Waals surface area (Å²) in [5, 5.41) is 17.7. The number of hydrogen-bond donors (Lipinski definition) is 2. The van der Waals surface area contributed by atoms with Crippen molar-refractivity contribution in [3.63, 3.8) is 0 Å². The van der Waals surface area contributed by atoms with Crippen LogP contribution < -0.4 is 11.5 Å². The van der Waals surface area contributed by atoms with Crippen molar-refractivity contribution in [3.05, 3.63) is 0 Å². The second-order valence-electron chi connectivity index (χ2n) is 3.08. The maximum atomic E-state index is 8.83. The largest absolute Gasteiger partial charge is 0.370 e. The van der Waals surface area contributed by atoms with Gasteiger partial charge in [0.1, 0.15) is 12.1 Å². The first kappa shape index (κ1) is 12.2. The molecule has 0 unspecified atom stereocenters. The van der Waals surface area contributed by atoms with Crippen LogP contribution in [0.4, 0.5) is 0 Å². The highest BCUT2D eigenvalue weighted by Gasteiger charge is 2.28. The number of aliphatic imine (C=N–C) groups is 1. The van der Waals surface area contributed by atoms with E-state index in [9.17, 15) is 0 Å². The van der Waals surface area contributed by atoms with E-state index in [1.54, 1.807) is 0 Å². The minimum Gasteiger partial charge on any atom is -0.370 e. The van der Waals surface area contributed by atoms with Crippen molar-refractivity contribution in [2.45, 2.75) is 38.1 Å². The predicted octanol–water partition coefficient (Wildman–Crippen LogP) is 0.626. The molecule has 0 fully saturated rings. The van der Waals surface area contributed by atoms with Gasteiger partial charge in [-0.05, 0) is 12.8 Å². The van der Waals surface area contributed by atoms with Crippen LogP contribution in [0.25, 0.3) is 0 Å². The zero-order valence-corrected chi connectivity index (χ0v) is 8.32. The quantitative estimate of drug-likeness (QED) is 0.378. The third-order valence-corrected chi connectivity index (χ3v) is 1.83. The number of guanidine groups is 1. The van der Waals surface area contributed by atoms with Crippen LogP contribution >= 0.6 is 0 Å². The summed E-state index contributed by atoms with van der Waals surface area (Å²) in [5.41, 5.74) is 8.92. The average Bonchev–Trinajstić information content (AvgIpc) is 2.16. The van der Waals surface area contributed by atoms with Crippen molar-refractivity contribution in [3.8, 4) is 12.1 Å². The van der Waals surface area contributed by atoms with E-state index in [0.29, 0.717) is 6.42 Å². The third kappa shape index (κ3) is 3.77. The van der Waals surface area contributed by atoms with Crippen LogP contribution in [0.3, 0.4) is 0 Å². The van der Waals surface area contributed by atoms with Gasteiger partial charge in [0, 0.05) is 0 Å². The van der Waals surface area contributed by atoms with Gasteiger partial charge in [-0.2, -0.15) is 10.5 Å². The number of nitriles is 2. The zero-order valence-electron chi connectivity index (χ0n) is 8.32. The summed E-state index contributed by atoms with van der Waals surface area (Å²) in [5.74, 6) is -0.218. The Morgan fingerprint density at radius 2 is 1.86 bits per heavy atom. The summed E-state index contributed by atoms with van der Waals surface area (Å²) >= 11 is 0. The molecule has 5 heteroatoms. The van der Waals surface area contributed by atoms with Gasteiger partial charge < -0.3 is 11.5 Å². The van der Waals surface area contributed by atoms with Crippen molar-refractivity contribution < 1.29 is 0 Å². The van der Waals surface area contributed by atoms with Crippen LogP contribution in [0.1, 0.15) is 32.6 Å². The molecule has 4 N–H and O–H groups in total. The molecule has 0 saturated heterocycles. The summed E-state index contributed by atoms with van der Waals surface area (Å²) in [4.78, 5) is 3.67. The highest BCUT2D eigenvalue weighted by atomic mass is 15.0. The van der Waals surface area contributed by atoms with Gasteiger partial charge in [-0.1, -0.05) is 19.8 Å². The maximum absolute atomic E-state index is 8.83. The lowest BCUT2D eigenvalue weighted by Gasteiger charge is -2.12. The van der Waals surface area contributed by atoms with Crippen LogP contribution in [0.2, 0.25) is 0 Å². The molecule has 0 bridgehead atoms. The molecule has 0 amide bonds. The van der Waals surface area contributed by atoms with Crippen LogP contribution in [0, 0.1) is 22.7 Å². The summed E-state index contributed by atoms with van der Waals surface area (Å²) in [6.07, 6.45) is 3.14. The Morgan fingerprint density at radius 3 is 2.21 bits per heavy atom. The van der Waals surface area contributed by atoms with E-state index in [1.165, 1.54) is 0 Å². The SMILES string of the molecule is CCCCCC(C#N)(C#N)N=C(N)N. The number of hydrogen-bond acceptors (Lipinski definition) is 3. The van der Waals surface area contributed by atoms with Crippen molar-refractivity contribution in [2.24, 2.45) is 16.5 Å². The van der Waals surface area contributed by atoms with Crippen LogP contribution in [-0.4, -0.2) is 11.5 Å². The van der Waals surface area contributed by atoms with Crippen LogP contribution in [0.5, 0.6) is 0 Å². The fraction of sp³-hybridized carbons (Fsp3) is 0.667. The molecule has 0 atom stereocenters. The third-order valence-electron chi connectivity index (χ3n) is 1.83. The molecule has 0 rings (SSSR count). The molecule has 0 aliphatic carbocycles. The van der Waals surface area contributed by atoms with Crippen molar-refractivity contribution in [2.75, 3.05) is 0 Å². The van der Waals surface area contributed by atoms with Gasteiger partial charge in [-0.25, -0.2) is 4.99 Å². The lowest BCUT2D eigenvalue weighted by Crippen LogP contribution is -2.31. The van der Waals surface area contributed by atoms with E-state index < -0.39 is 5.54 Å². The number of nitrogens with zero attached hydrogens (tertiary/aromatic N) is 3. The first-order valence-electron chi connectivity index (χ1n) is 4.53. The molecular weight excluding hydrogens is 178 g/mol. The number of nitrogens with two attached hydrogens (primary N) is 2. The average molecular weight is 193 g/mol. The van der Waals surface area contributed by atoms with Crippen molar-refractivity contribution >= 4 is 5.96 Å². The fourth-order valence-electron chi connectivity index (χ4n) is 1.09. The van der Waals surface area contributed by atoms with Gasteiger partial charge in [-0.15, -0.1) is 0 Å². The molecule has 0 aromatic rings. The molecule has 0 aliphatic heterocycles.